The summed E-state index contributed by atoms with van der Waals surface area (Å²) in [5.41, 5.74) is 3.77. The molecule has 0 bridgehead atoms. The zero-order valence-corrected chi connectivity index (χ0v) is 20.5. The molecule has 2 saturated heterocycles. The summed E-state index contributed by atoms with van der Waals surface area (Å²) in [6.07, 6.45) is 3.32. The van der Waals surface area contributed by atoms with Gasteiger partial charge in [0.1, 0.15) is 10.6 Å². The molecule has 1 atom stereocenters. The Labute approximate surface area is 205 Å². The maximum Gasteiger partial charge on any atom is 0.246 e. The van der Waals surface area contributed by atoms with Crippen LogP contribution < -0.4 is 15.0 Å². The Morgan fingerprint density at radius 3 is 2.63 bits per heavy atom. The van der Waals surface area contributed by atoms with Crippen LogP contribution in [0.15, 0.2) is 41.3 Å². The van der Waals surface area contributed by atoms with Gasteiger partial charge in [-0.1, -0.05) is 6.07 Å². The van der Waals surface area contributed by atoms with Crippen molar-refractivity contribution in [2.45, 2.75) is 30.6 Å². The molecule has 3 aliphatic rings. The number of nitrogens with one attached hydrogen (secondary N) is 1. The average molecular weight is 500 g/mol. The summed E-state index contributed by atoms with van der Waals surface area (Å²) < 4.78 is 38.3. The van der Waals surface area contributed by atoms with Crippen LogP contribution >= 0.6 is 0 Å². The number of rotatable bonds is 6. The average Bonchev–Trinajstić information content (AvgIpc) is 3.50. The molecule has 2 aliphatic heterocycles. The van der Waals surface area contributed by atoms with Crippen LogP contribution in [0.3, 0.4) is 0 Å². The van der Waals surface area contributed by atoms with Crippen molar-refractivity contribution in [3.8, 4) is 5.75 Å². The monoisotopic (exact) mass is 499 g/mol. The molecule has 2 fully saturated rings. The fraction of sp³-hybridized carbons (Fsp3) is 0.440. The number of nitrogens with zero attached hydrogens (tertiary/aromatic N) is 2. The molecule has 0 aromatic heterocycles. The van der Waals surface area contributed by atoms with Gasteiger partial charge < -0.3 is 19.7 Å². The summed E-state index contributed by atoms with van der Waals surface area (Å²) in [6, 6.07) is 10.6. The molecular formula is C25H29N3O6S. The van der Waals surface area contributed by atoms with Gasteiger partial charge in [-0.05, 0) is 60.7 Å². The molecule has 2 aromatic carbocycles. The molecule has 2 amide bonds. The molecule has 1 N–H and O–H groups in total. The standard InChI is InChI=1S/C25H29N3O6S/c1-33-22-8-6-20(15-23(22)35(31,32)27-9-11-34-12-10-27)26-25(30)19-14-24(29)28(16-19)21-7-5-17-3-2-4-18(17)13-21/h5-8,13,15,19H,2-4,9-12,14,16H2,1H3,(H,26,30). The predicted octanol–water partition coefficient (Wildman–Crippen LogP) is 2.20. The van der Waals surface area contributed by atoms with Crippen LogP contribution in [0, 0.1) is 5.92 Å². The first-order valence-electron chi connectivity index (χ1n) is 11.9. The largest absolute Gasteiger partial charge is 0.495 e. The zero-order valence-electron chi connectivity index (χ0n) is 19.7. The van der Waals surface area contributed by atoms with Crippen molar-refractivity contribution in [1.29, 1.82) is 0 Å². The third kappa shape index (κ3) is 4.65. The molecule has 5 rings (SSSR count). The summed E-state index contributed by atoms with van der Waals surface area (Å²) >= 11 is 0. The van der Waals surface area contributed by atoms with Crippen molar-refractivity contribution < 1.29 is 27.5 Å². The minimum absolute atomic E-state index is 0.0121. The van der Waals surface area contributed by atoms with Gasteiger partial charge in [0.2, 0.25) is 21.8 Å². The molecule has 0 saturated carbocycles. The fourth-order valence-electron chi connectivity index (χ4n) is 4.99. The molecule has 0 radical (unpaired) electrons. The summed E-state index contributed by atoms with van der Waals surface area (Å²) in [6.45, 7) is 1.46. The summed E-state index contributed by atoms with van der Waals surface area (Å²) in [7, 11) is -2.42. The maximum absolute atomic E-state index is 13.2. The van der Waals surface area contributed by atoms with Gasteiger partial charge >= 0.3 is 0 Å². The Hall–Kier alpha value is -2.95. The number of hydrogen-bond donors (Lipinski definition) is 1. The SMILES string of the molecule is COc1ccc(NC(=O)C2CC(=O)N(c3ccc4c(c3)CCC4)C2)cc1S(=O)(=O)N1CCOCC1. The van der Waals surface area contributed by atoms with E-state index in [1.807, 2.05) is 6.07 Å². The van der Waals surface area contributed by atoms with Gasteiger partial charge in [-0.2, -0.15) is 4.31 Å². The highest BCUT2D eigenvalue weighted by atomic mass is 32.2. The summed E-state index contributed by atoms with van der Waals surface area (Å²) in [4.78, 5) is 27.4. The highest BCUT2D eigenvalue weighted by Gasteiger charge is 2.36. The van der Waals surface area contributed by atoms with Gasteiger partial charge in [-0.3, -0.25) is 9.59 Å². The van der Waals surface area contributed by atoms with Crippen LogP contribution in [0.25, 0.3) is 0 Å². The van der Waals surface area contributed by atoms with E-state index in [1.54, 1.807) is 11.0 Å². The lowest BCUT2D eigenvalue weighted by molar-refractivity contribution is -0.122. The van der Waals surface area contributed by atoms with Gasteiger partial charge in [-0.15, -0.1) is 0 Å². The number of carbonyl (C=O) groups excluding carboxylic acids is 2. The Balaban J connectivity index is 1.32. The van der Waals surface area contributed by atoms with E-state index in [4.69, 9.17) is 9.47 Å². The van der Waals surface area contributed by atoms with E-state index in [9.17, 15) is 18.0 Å². The Morgan fingerprint density at radius 1 is 1.09 bits per heavy atom. The van der Waals surface area contributed by atoms with E-state index < -0.39 is 15.9 Å². The molecule has 186 valence electrons. The normalized spacial score (nSPS) is 20.7. The maximum atomic E-state index is 13.2. The van der Waals surface area contributed by atoms with Crippen molar-refractivity contribution in [3.05, 3.63) is 47.5 Å². The van der Waals surface area contributed by atoms with Crippen molar-refractivity contribution in [1.82, 2.24) is 4.31 Å². The number of amides is 2. The van der Waals surface area contributed by atoms with Crippen LogP contribution in [-0.4, -0.2) is 64.5 Å². The Bertz CT molecular complexity index is 1260. The number of sulfonamides is 1. The lowest BCUT2D eigenvalue weighted by Crippen LogP contribution is -2.40. The molecule has 35 heavy (non-hydrogen) atoms. The van der Waals surface area contributed by atoms with Crippen molar-refractivity contribution in [2.24, 2.45) is 5.92 Å². The highest BCUT2D eigenvalue weighted by molar-refractivity contribution is 7.89. The number of carbonyl (C=O) groups is 2. The summed E-state index contributed by atoms with van der Waals surface area (Å²) in [5.74, 6) is -0.735. The number of benzene rings is 2. The van der Waals surface area contributed by atoms with Crippen LogP contribution in [0.2, 0.25) is 0 Å². The third-order valence-corrected chi connectivity index (χ3v) is 8.83. The molecule has 2 aromatic rings. The third-order valence-electron chi connectivity index (χ3n) is 6.91. The number of anilines is 2. The van der Waals surface area contributed by atoms with E-state index in [2.05, 4.69) is 17.4 Å². The minimum Gasteiger partial charge on any atom is -0.495 e. The number of ether oxygens (including phenoxy) is 2. The Kier molecular flexibility index (Phi) is 6.52. The molecule has 0 spiro atoms. The van der Waals surface area contributed by atoms with Gasteiger partial charge in [0.25, 0.3) is 0 Å². The number of aryl methyl sites for hydroxylation is 2. The van der Waals surface area contributed by atoms with Crippen LogP contribution in [0.1, 0.15) is 24.0 Å². The number of hydrogen-bond acceptors (Lipinski definition) is 6. The molecule has 2 heterocycles. The second kappa shape index (κ2) is 9.60. The fourth-order valence-corrected chi connectivity index (χ4v) is 6.57. The van der Waals surface area contributed by atoms with Crippen molar-refractivity contribution in [3.63, 3.8) is 0 Å². The zero-order chi connectivity index (χ0) is 24.6. The van der Waals surface area contributed by atoms with E-state index in [-0.39, 0.29) is 42.0 Å². The van der Waals surface area contributed by atoms with Gasteiger partial charge in [0.05, 0.1) is 26.2 Å². The van der Waals surface area contributed by atoms with Gasteiger partial charge in [-0.25, -0.2) is 8.42 Å². The van der Waals surface area contributed by atoms with Crippen LogP contribution in [0.5, 0.6) is 5.75 Å². The van der Waals surface area contributed by atoms with Crippen molar-refractivity contribution in [2.75, 3.05) is 50.2 Å². The smallest absolute Gasteiger partial charge is 0.246 e. The predicted molar refractivity (Wildman–Crippen MR) is 130 cm³/mol. The quantitative estimate of drug-likeness (QED) is 0.653. The number of morpholine rings is 1. The number of fused-ring (bicyclic) bond motifs is 1. The molecule has 1 aliphatic carbocycles. The lowest BCUT2D eigenvalue weighted by atomic mass is 10.1. The van der Waals surface area contributed by atoms with Crippen molar-refractivity contribution >= 4 is 33.2 Å². The molecule has 9 nitrogen and oxygen atoms in total. The first kappa shape index (κ1) is 23.8. The first-order valence-corrected chi connectivity index (χ1v) is 13.3. The van der Waals surface area contributed by atoms with Gasteiger partial charge in [0.15, 0.2) is 0 Å². The van der Waals surface area contributed by atoms with E-state index in [1.165, 1.54) is 34.7 Å². The Morgan fingerprint density at radius 2 is 1.86 bits per heavy atom. The topological polar surface area (TPSA) is 105 Å². The molecule has 10 heteroatoms. The molecule has 1 unspecified atom stereocenters. The van der Waals surface area contributed by atoms with E-state index >= 15 is 0 Å². The van der Waals surface area contributed by atoms with E-state index in [0.29, 0.717) is 25.4 Å². The van der Waals surface area contributed by atoms with Gasteiger partial charge in [0, 0.05) is 37.4 Å². The van der Waals surface area contributed by atoms with E-state index in [0.717, 1.165) is 24.9 Å². The lowest BCUT2D eigenvalue weighted by Gasteiger charge is -2.27. The van der Waals surface area contributed by atoms with Crippen LogP contribution in [-0.2, 0) is 37.2 Å². The second-order valence-electron chi connectivity index (χ2n) is 9.08. The second-order valence-corrected chi connectivity index (χ2v) is 11.0. The highest BCUT2D eigenvalue weighted by Crippen LogP contribution is 2.33. The van der Waals surface area contributed by atoms with Crippen LogP contribution in [0.4, 0.5) is 11.4 Å². The summed E-state index contributed by atoms with van der Waals surface area (Å²) in [5, 5.41) is 2.80. The minimum atomic E-state index is -3.83. The number of methoxy groups -OCH3 is 1. The first-order chi connectivity index (χ1) is 16.9. The molecular weight excluding hydrogens is 470 g/mol.